The summed E-state index contributed by atoms with van der Waals surface area (Å²) in [5.41, 5.74) is 6.58. The summed E-state index contributed by atoms with van der Waals surface area (Å²) in [6.45, 7) is 6.04. The Bertz CT molecular complexity index is 700. The highest BCUT2D eigenvalue weighted by molar-refractivity contribution is 5.95. The van der Waals surface area contributed by atoms with E-state index in [9.17, 15) is 4.79 Å². The number of tetrazole rings is 1. The second-order valence-corrected chi connectivity index (χ2v) is 5.67. The zero-order valence-electron chi connectivity index (χ0n) is 14.5. The molecule has 0 unspecified atom stereocenters. The van der Waals surface area contributed by atoms with Crippen molar-refractivity contribution in [3.8, 4) is 11.4 Å². The van der Waals surface area contributed by atoms with Crippen LogP contribution >= 0.6 is 0 Å². The minimum atomic E-state index is -0.565. The lowest BCUT2D eigenvalue weighted by Gasteiger charge is -2.28. The van der Waals surface area contributed by atoms with Crippen LogP contribution in [0.2, 0.25) is 0 Å². The van der Waals surface area contributed by atoms with Crippen LogP contribution in [0.5, 0.6) is 5.75 Å². The zero-order valence-corrected chi connectivity index (χ0v) is 14.5. The fourth-order valence-corrected chi connectivity index (χ4v) is 2.60. The number of amides is 1. The number of hydrogen-bond donors (Lipinski definition) is 2. The number of nitrogens with zero attached hydrogens (tertiary/aromatic N) is 4. The van der Waals surface area contributed by atoms with Gasteiger partial charge in [0, 0.05) is 12.2 Å². The van der Waals surface area contributed by atoms with Crippen LogP contribution in [0.1, 0.15) is 32.5 Å². The molecule has 3 N–H and O–H groups in total. The van der Waals surface area contributed by atoms with Crippen LogP contribution in [-0.2, 0) is 4.79 Å². The largest absolute Gasteiger partial charge is 0.494 e. The molecule has 24 heavy (non-hydrogen) atoms. The minimum Gasteiger partial charge on any atom is -0.494 e. The van der Waals surface area contributed by atoms with Crippen LogP contribution < -0.4 is 15.8 Å². The molecule has 1 heterocycles. The topological polar surface area (TPSA) is 108 Å². The van der Waals surface area contributed by atoms with Gasteiger partial charge in [-0.3, -0.25) is 4.79 Å². The molecule has 2 rings (SSSR count). The second kappa shape index (κ2) is 7.39. The van der Waals surface area contributed by atoms with E-state index in [4.69, 9.17) is 10.5 Å². The molecule has 0 aliphatic carbocycles. The SMILES string of the molecule is CCC(CC)(CN)C(=O)Nc1ccc(OC)c(-n2nnnc2C)c1. The fourth-order valence-electron chi connectivity index (χ4n) is 2.60. The maximum absolute atomic E-state index is 12.7. The smallest absolute Gasteiger partial charge is 0.231 e. The Balaban J connectivity index is 2.36. The van der Waals surface area contributed by atoms with Gasteiger partial charge in [-0.15, -0.1) is 5.10 Å². The number of aromatic nitrogens is 4. The van der Waals surface area contributed by atoms with E-state index in [-0.39, 0.29) is 5.91 Å². The maximum Gasteiger partial charge on any atom is 0.231 e. The highest BCUT2D eigenvalue weighted by atomic mass is 16.5. The fraction of sp³-hybridized carbons (Fsp3) is 0.500. The molecule has 0 aliphatic heterocycles. The van der Waals surface area contributed by atoms with E-state index in [0.717, 1.165) is 0 Å². The average Bonchev–Trinajstić information content (AvgIpc) is 3.03. The molecule has 0 aliphatic rings. The van der Waals surface area contributed by atoms with Crippen LogP contribution in [0.15, 0.2) is 18.2 Å². The maximum atomic E-state index is 12.7. The molecule has 1 amide bonds. The molecule has 2 aromatic rings. The van der Waals surface area contributed by atoms with Gasteiger partial charge in [0.2, 0.25) is 5.91 Å². The van der Waals surface area contributed by atoms with E-state index in [2.05, 4.69) is 20.8 Å². The van der Waals surface area contributed by atoms with Crippen molar-refractivity contribution in [2.45, 2.75) is 33.6 Å². The summed E-state index contributed by atoms with van der Waals surface area (Å²) in [4.78, 5) is 12.7. The van der Waals surface area contributed by atoms with Gasteiger partial charge in [-0.1, -0.05) is 13.8 Å². The Hall–Kier alpha value is -2.48. The van der Waals surface area contributed by atoms with E-state index in [1.807, 2.05) is 13.8 Å². The molecule has 0 bridgehead atoms. The lowest BCUT2D eigenvalue weighted by Crippen LogP contribution is -2.41. The molecule has 0 saturated heterocycles. The summed E-state index contributed by atoms with van der Waals surface area (Å²) in [6.07, 6.45) is 1.36. The molecule has 1 aromatic heterocycles. The number of nitrogens with one attached hydrogen (secondary N) is 1. The number of hydrogen-bond acceptors (Lipinski definition) is 6. The highest BCUT2D eigenvalue weighted by Crippen LogP contribution is 2.30. The number of benzene rings is 1. The first-order chi connectivity index (χ1) is 11.5. The normalized spacial score (nSPS) is 11.4. The summed E-state index contributed by atoms with van der Waals surface area (Å²) in [5.74, 6) is 1.15. The summed E-state index contributed by atoms with van der Waals surface area (Å²) in [5, 5.41) is 14.4. The first kappa shape index (κ1) is 17.9. The molecule has 0 spiro atoms. The van der Waals surface area contributed by atoms with Gasteiger partial charge in [-0.2, -0.15) is 4.68 Å². The molecule has 0 atom stereocenters. The van der Waals surface area contributed by atoms with Crippen molar-refractivity contribution in [2.75, 3.05) is 19.0 Å². The number of methoxy groups -OCH3 is 1. The molecular weight excluding hydrogens is 308 g/mol. The van der Waals surface area contributed by atoms with E-state index in [0.29, 0.717) is 42.3 Å². The summed E-state index contributed by atoms with van der Waals surface area (Å²) < 4.78 is 6.93. The molecule has 8 nitrogen and oxygen atoms in total. The number of rotatable bonds is 7. The molecule has 130 valence electrons. The predicted molar refractivity (Wildman–Crippen MR) is 91.1 cm³/mol. The molecule has 0 saturated carbocycles. The van der Waals surface area contributed by atoms with E-state index < -0.39 is 5.41 Å². The Labute approximate surface area is 141 Å². The van der Waals surface area contributed by atoms with Crippen LogP contribution in [-0.4, -0.2) is 39.8 Å². The number of ether oxygens (including phenoxy) is 1. The third kappa shape index (κ3) is 3.23. The number of carbonyl (C=O) groups is 1. The van der Waals surface area contributed by atoms with Gasteiger partial charge in [0.15, 0.2) is 5.82 Å². The first-order valence-electron chi connectivity index (χ1n) is 7.96. The Kier molecular flexibility index (Phi) is 5.50. The number of anilines is 1. The van der Waals surface area contributed by atoms with E-state index >= 15 is 0 Å². The van der Waals surface area contributed by atoms with E-state index in [1.54, 1.807) is 36.9 Å². The van der Waals surface area contributed by atoms with Gasteiger partial charge >= 0.3 is 0 Å². The average molecular weight is 332 g/mol. The number of nitrogens with two attached hydrogens (primary N) is 1. The van der Waals surface area contributed by atoms with Crippen molar-refractivity contribution in [1.29, 1.82) is 0 Å². The quantitative estimate of drug-likeness (QED) is 0.798. The van der Waals surface area contributed by atoms with Crippen molar-refractivity contribution in [3.05, 3.63) is 24.0 Å². The third-order valence-electron chi connectivity index (χ3n) is 4.52. The van der Waals surface area contributed by atoms with Crippen LogP contribution in [0.25, 0.3) is 5.69 Å². The lowest BCUT2D eigenvalue weighted by molar-refractivity contribution is -0.125. The molecular formula is C16H24N6O2. The van der Waals surface area contributed by atoms with Crippen LogP contribution in [0.4, 0.5) is 5.69 Å². The predicted octanol–water partition coefficient (Wildman–Crippen LogP) is 1.68. The Morgan fingerprint density at radius 2 is 2.08 bits per heavy atom. The first-order valence-corrected chi connectivity index (χ1v) is 7.96. The van der Waals surface area contributed by atoms with Crippen molar-refractivity contribution in [2.24, 2.45) is 11.1 Å². The standard InChI is InChI=1S/C16H24N6O2/c1-5-16(6-2,10-17)15(23)18-12-7-8-14(24-4)13(9-12)22-11(3)19-20-21-22/h7-9H,5-6,10,17H2,1-4H3,(H,18,23). The molecule has 1 aromatic carbocycles. The lowest BCUT2D eigenvalue weighted by atomic mass is 9.81. The van der Waals surface area contributed by atoms with Gasteiger partial charge < -0.3 is 15.8 Å². The Morgan fingerprint density at radius 3 is 2.58 bits per heavy atom. The van der Waals surface area contributed by atoms with Crippen molar-refractivity contribution < 1.29 is 9.53 Å². The van der Waals surface area contributed by atoms with Crippen molar-refractivity contribution in [3.63, 3.8) is 0 Å². The van der Waals surface area contributed by atoms with Crippen LogP contribution in [0.3, 0.4) is 0 Å². The molecule has 0 radical (unpaired) electrons. The summed E-state index contributed by atoms with van der Waals surface area (Å²) in [6, 6.07) is 5.34. The zero-order chi connectivity index (χ0) is 17.7. The van der Waals surface area contributed by atoms with Crippen molar-refractivity contribution in [1.82, 2.24) is 20.2 Å². The van der Waals surface area contributed by atoms with Gasteiger partial charge in [0.05, 0.1) is 12.5 Å². The molecule has 8 heteroatoms. The van der Waals surface area contributed by atoms with Crippen LogP contribution in [0, 0.1) is 12.3 Å². The highest BCUT2D eigenvalue weighted by Gasteiger charge is 2.33. The molecule has 0 fully saturated rings. The monoisotopic (exact) mass is 332 g/mol. The minimum absolute atomic E-state index is 0.0837. The number of aryl methyl sites for hydroxylation is 1. The second-order valence-electron chi connectivity index (χ2n) is 5.67. The van der Waals surface area contributed by atoms with Gasteiger partial charge in [-0.05, 0) is 48.4 Å². The summed E-state index contributed by atoms with van der Waals surface area (Å²) in [7, 11) is 1.57. The van der Waals surface area contributed by atoms with E-state index in [1.165, 1.54) is 0 Å². The number of carbonyl (C=O) groups excluding carboxylic acids is 1. The van der Waals surface area contributed by atoms with Crippen molar-refractivity contribution >= 4 is 11.6 Å². The van der Waals surface area contributed by atoms with Gasteiger partial charge in [0.1, 0.15) is 11.4 Å². The Morgan fingerprint density at radius 1 is 1.38 bits per heavy atom. The van der Waals surface area contributed by atoms with Gasteiger partial charge in [0.25, 0.3) is 0 Å². The summed E-state index contributed by atoms with van der Waals surface area (Å²) >= 11 is 0. The third-order valence-corrected chi connectivity index (χ3v) is 4.52. The van der Waals surface area contributed by atoms with Gasteiger partial charge in [-0.25, -0.2) is 0 Å².